The van der Waals surface area contributed by atoms with Gasteiger partial charge in [-0.2, -0.15) is 0 Å². The average molecular weight is 412 g/mol. The van der Waals surface area contributed by atoms with Crippen LogP contribution in [0.2, 0.25) is 10.0 Å². The lowest BCUT2D eigenvalue weighted by molar-refractivity contribution is 0.421. The van der Waals surface area contributed by atoms with Crippen molar-refractivity contribution in [2.45, 2.75) is 17.6 Å². The number of benzene rings is 2. The first-order chi connectivity index (χ1) is 12.1. The molecule has 1 N–H and O–H groups in total. The first kappa shape index (κ1) is 19.2. The van der Waals surface area contributed by atoms with Gasteiger partial charge in [0, 0.05) is 10.0 Å². The van der Waals surface area contributed by atoms with Crippen molar-refractivity contribution in [1.29, 1.82) is 0 Å². The minimum atomic E-state index is -3.51. The van der Waals surface area contributed by atoms with E-state index in [0.29, 0.717) is 20.2 Å². The Bertz CT molecular complexity index is 1060. The van der Waals surface area contributed by atoms with Gasteiger partial charge in [0.1, 0.15) is 5.75 Å². The van der Waals surface area contributed by atoms with Crippen molar-refractivity contribution in [2.24, 2.45) is 0 Å². The predicted octanol–water partition coefficient (Wildman–Crippen LogP) is 5.04. The lowest BCUT2D eigenvalue weighted by Gasteiger charge is -2.28. The highest BCUT2D eigenvalue weighted by atomic mass is 35.5. The number of quaternary nitrogens is 1. The molecule has 4 nitrogen and oxygen atoms in total. The number of aromatic nitrogens is 1. The fraction of sp³-hybridized carbons (Fsp3) is 0.263. The van der Waals surface area contributed by atoms with E-state index in [-0.39, 0.29) is 10.6 Å². The number of nitrogens with zero attached hydrogens (tertiary/aromatic N) is 1. The smallest absolute Gasteiger partial charge is 0.184 e. The zero-order chi connectivity index (χ0) is 19.1. The van der Waals surface area contributed by atoms with E-state index in [0.717, 1.165) is 23.1 Å². The molecule has 1 heterocycles. The van der Waals surface area contributed by atoms with Gasteiger partial charge in [0.2, 0.25) is 0 Å². The van der Waals surface area contributed by atoms with Crippen molar-refractivity contribution in [3.05, 3.63) is 58.2 Å². The molecule has 0 aliphatic rings. The molecule has 0 aliphatic carbocycles. The molecule has 0 atom stereocenters. The number of fused-ring (bicyclic) bond motifs is 1. The number of hydrogen-bond acceptors (Lipinski definition) is 2. The number of halogens is 2. The fourth-order valence-electron chi connectivity index (χ4n) is 3.07. The largest absolute Gasteiger partial charge is 0.353 e. The lowest BCUT2D eigenvalue weighted by atomic mass is 10.2. The van der Waals surface area contributed by atoms with Crippen molar-refractivity contribution < 1.29 is 8.42 Å². The highest BCUT2D eigenvalue weighted by molar-refractivity contribution is 7.90. The highest BCUT2D eigenvalue weighted by Gasteiger charge is 2.30. The highest BCUT2D eigenvalue weighted by Crippen LogP contribution is 2.37. The van der Waals surface area contributed by atoms with E-state index in [1.165, 1.54) is 12.1 Å². The van der Waals surface area contributed by atoms with Gasteiger partial charge in [-0.25, -0.2) is 8.42 Å². The molecule has 0 unspecified atom stereocenters. The third-order valence-electron chi connectivity index (χ3n) is 4.71. The van der Waals surface area contributed by atoms with Gasteiger partial charge in [0.05, 0.1) is 42.1 Å². The molecule has 0 saturated heterocycles. The second-order valence-corrected chi connectivity index (χ2v) is 9.72. The van der Waals surface area contributed by atoms with Crippen LogP contribution in [-0.2, 0) is 15.6 Å². The number of nitrogens with one attached hydrogen (secondary N) is 1. The standard InChI is InChI=1S/C19H21Cl2N2O2S/c1-4-23(2,3)19-16-11-14(21)7-10-17(16)22-18(19)12-26(24,25)15-8-5-13(20)6-9-15/h5-11,22H,4,12H2,1-3H3/q+1. The maximum atomic E-state index is 12.9. The van der Waals surface area contributed by atoms with E-state index >= 15 is 0 Å². The van der Waals surface area contributed by atoms with E-state index in [9.17, 15) is 8.42 Å². The first-order valence-electron chi connectivity index (χ1n) is 8.26. The predicted molar refractivity (Wildman–Crippen MR) is 110 cm³/mol. The topological polar surface area (TPSA) is 49.9 Å². The zero-order valence-electron chi connectivity index (χ0n) is 14.9. The summed E-state index contributed by atoms with van der Waals surface area (Å²) in [4.78, 5) is 3.55. The fourth-order valence-corrected chi connectivity index (χ4v) is 4.68. The van der Waals surface area contributed by atoms with Gasteiger partial charge in [0.25, 0.3) is 0 Å². The van der Waals surface area contributed by atoms with E-state index in [4.69, 9.17) is 23.2 Å². The van der Waals surface area contributed by atoms with E-state index < -0.39 is 9.84 Å². The van der Waals surface area contributed by atoms with Gasteiger partial charge in [-0.05, 0) is 49.4 Å². The van der Waals surface area contributed by atoms with Gasteiger partial charge in [-0.15, -0.1) is 0 Å². The van der Waals surface area contributed by atoms with Crippen molar-refractivity contribution >= 4 is 49.6 Å². The van der Waals surface area contributed by atoms with Crippen LogP contribution in [0.4, 0.5) is 5.69 Å². The molecule has 0 radical (unpaired) electrons. The minimum absolute atomic E-state index is 0.113. The quantitative estimate of drug-likeness (QED) is 0.598. The Labute approximate surface area is 163 Å². The summed E-state index contributed by atoms with van der Waals surface area (Å²) in [6.07, 6.45) is 0. The van der Waals surface area contributed by atoms with Crippen LogP contribution in [0.1, 0.15) is 12.6 Å². The van der Waals surface area contributed by atoms with Crippen molar-refractivity contribution in [2.75, 3.05) is 20.6 Å². The molecule has 3 rings (SSSR count). The molecule has 0 amide bonds. The molecule has 138 valence electrons. The summed E-state index contributed by atoms with van der Waals surface area (Å²) >= 11 is 12.1. The van der Waals surface area contributed by atoms with E-state index in [1.807, 2.05) is 12.1 Å². The van der Waals surface area contributed by atoms with E-state index in [1.54, 1.807) is 18.2 Å². The molecule has 0 aliphatic heterocycles. The van der Waals surface area contributed by atoms with Crippen LogP contribution < -0.4 is 4.48 Å². The van der Waals surface area contributed by atoms with Crippen molar-refractivity contribution in [3.63, 3.8) is 0 Å². The molecule has 1 aromatic heterocycles. The Kier molecular flexibility index (Phi) is 5.10. The number of rotatable bonds is 5. The van der Waals surface area contributed by atoms with E-state index in [2.05, 4.69) is 26.0 Å². The normalized spacial score (nSPS) is 12.7. The van der Waals surface area contributed by atoms with Crippen LogP contribution in [0.3, 0.4) is 0 Å². The number of sulfone groups is 1. The summed E-state index contributed by atoms with van der Waals surface area (Å²) < 4.78 is 26.4. The summed E-state index contributed by atoms with van der Waals surface area (Å²) in [5, 5.41) is 2.08. The summed E-state index contributed by atoms with van der Waals surface area (Å²) in [6.45, 7) is 2.88. The Balaban J connectivity index is 2.15. The number of hydrogen-bond donors (Lipinski definition) is 1. The number of H-pyrrole nitrogens is 1. The Hall–Kier alpha value is -1.53. The zero-order valence-corrected chi connectivity index (χ0v) is 17.2. The maximum absolute atomic E-state index is 12.9. The second-order valence-electron chi connectivity index (χ2n) is 6.86. The molecular formula is C19H21Cl2N2O2S+. The lowest BCUT2D eigenvalue weighted by Crippen LogP contribution is -2.40. The van der Waals surface area contributed by atoms with Gasteiger partial charge in [-0.1, -0.05) is 23.2 Å². The van der Waals surface area contributed by atoms with Crippen molar-refractivity contribution in [1.82, 2.24) is 9.47 Å². The minimum Gasteiger partial charge on any atom is -0.353 e. The molecule has 0 spiro atoms. The second kappa shape index (κ2) is 6.89. The SMILES string of the molecule is CC[N+](C)(C)c1c(CS(=O)(=O)c2ccc(Cl)cc2)[nH]c2ccc(Cl)cc12. The van der Waals surface area contributed by atoms with Crippen LogP contribution in [0.25, 0.3) is 10.9 Å². The average Bonchev–Trinajstić information content (AvgIpc) is 2.92. The first-order valence-corrected chi connectivity index (χ1v) is 10.7. The summed E-state index contributed by atoms with van der Waals surface area (Å²) in [5.74, 6) is -0.113. The van der Waals surface area contributed by atoms with Gasteiger partial charge in [-0.3, -0.25) is 4.48 Å². The van der Waals surface area contributed by atoms with Crippen molar-refractivity contribution in [3.8, 4) is 0 Å². The third-order valence-corrected chi connectivity index (χ3v) is 6.86. The summed E-state index contributed by atoms with van der Waals surface area (Å²) in [6, 6.07) is 11.8. The van der Waals surface area contributed by atoms with Crippen LogP contribution in [0, 0.1) is 0 Å². The third kappa shape index (κ3) is 3.62. The summed E-state index contributed by atoms with van der Waals surface area (Å²) in [7, 11) is 0.603. The molecule has 7 heteroatoms. The van der Waals surface area contributed by atoms with Gasteiger partial charge < -0.3 is 4.98 Å². The van der Waals surface area contributed by atoms with Crippen LogP contribution in [0.15, 0.2) is 47.4 Å². The Morgan fingerprint density at radius 1 is 1.00 bits per heavy atom. The molecule has 0 bridgehead atoms. The van der Waals surface area contributed by atoms with Crippen LogP contribution in [0.5, 0.6) is 0 Å². The van der Waals surface area contributed by atoms with Gasteiger partial charge in [0.15, 0.2) is 15.5 Å². The molecule has 0 saturated carbocycles. The molecule has 2 aromatic carbocycles. The molecule has 26 heavy (non-hydrogen) atoms. The monoisotopic (exact) mass is 411 g/mol. The molecular weight excluding hydrogens is 391 g/mol. The molecule has 3 aromatic rings. The Morgan fingerprint density at radius 3 is 2.23 bits per heavy atom. The van der Waals surface area contributed by atoms with Crippen LogP contribution in [-0.4, -0.2) is 34.0 Å². The van der Waals surface area contributed by atoms with Crippen LogP contribution >= 0.6 is 23.2 Å². The molecule has 0 fully saturated rings. The number of aromatic amines is 1. The Morgan fingerprint density at radius 2 is 1.62 bits per heavy atom. The van der Waals surface area contributed by atoms with Gasteiger partial charge >= 0.3 is 0 Å². The summed E-state index contributed by atoms with van der Waals surface area (Å²) in [5.41, 5.74) is 2.51. The maximum Gasteiger partial charge on any atom is 0.184 e.